The van der Waals surface area contributed by atoms with Gasteiger partial charge in [0.25, 0.3) is 0 Å². The molecule has 0 unspecified atom stereocenters. The van der Waals surface area contributed by atoms with E-state index >= 15 is 0 Å². The lowest BCUT2D eigenvalue weighted by atomic mass is 9.80. The minimum absolute atomic E-state index is 0. The Labute approximate surface area is 199 Å². The van der Waals surface area contributed by atoms with Crippen molar-refractivity contribution in [1.82, 2.24) is 20.9 Å². The van der Waals surface area contributed by atoms with Crippen molar-refractivity contribution in [3.05, 3.63) is 0 Å². The Morgan fingerprint density at radius 1 is 1.07 bits per heavy atom. The number of carbonyl (C=O) groups is 1. The van der Waals surface area contributed by atoms with Crippen molar-refractivity contribution in [1.29, 1.82) is 0 Å². The normalized spacial score (nSPS) is 22.9. The fraction of sp³-hybridized carbons (Fsp3) is 0.909. The van der Waals surface area contributed by atoms with Gasteiger partial charge in [-0.1, -0.05) is 32.1 Å². The standard InChI is InChI=1S/C22H41N5O2.HI/c1-2-23-21(24-13-10-20(28)26-19-8-4-5-9-19)25-18-22(11-6-3-7-12-22)27-14-16-29-17-15-27;/h19H,2-18H2,1H3,(H,26,28)(H2,23,24,25);1H. The molecule has 7 nitrogen and oxygen atoms in total. The highest BCUT2D eigenvalue weighted by Gasteiger charge is 2.38. The molecule has 3 aliphatic rings. The summed E-state index contributed by atoms with van der Waals surface area (Å²) < 4.78 is 5.58. The Bertz CT molecular complexity index is 528. The number of nitrogens with one attached hydrogen (secondary N) is 3. The van der Waals surface area contributed by atoms with Crippen LogP contribution < -0.4 is 16.0 Å². The SMILES string of the molecule is CCNC(=NCC1(N2CCOCC2)CCCCC1)NCCC(=O)NC1CCCC1.I. The molecule has 1 heterocycles. The van der Waals surface area contributed by atoms with Gasteiger partial charge in [0.15, 0.2) is 5.96 Å². The quantitative estimate of drug-likeness (QED) is 0.253. The largest absolute Gasteiger partial charge is 0.379 e. The number of hydrogen-bond donors (Lipinski definition) is 3. The van der Waals surface area contributed by atoms with Gasteiger partial charge in [0.05, 0.1) is 19.8 Å². The van der Waals surface area contributed by atoms with Crippen LogP contribution in [0, 0.1) is 0 Å². The first kappa shape index (κ1) is 25.6. The lowest BCUT2D eigenvalue weighted by Crippen LogP contribution is -2.56. The minimum atomic E-state index is 0. The third-order valence-electron chi connectivity index (χ3n) is 6.71. The van der Waals surface area contributed by atoms with Crippen LogP contribution in [-0.2, 0) is 9.53 Å². The molecule has 3 rings (SSSR count). The molecule has 0 atom stereocenters. The lowest BCUT2D eigenvalue weighted by Gasteiger charge is -2.47. The Morgan fingerprint density at radius 3 is 2.43 bits per heavy atom. The summed E-state index contributed by atoms with van der Waals surface area (Å²) in [6, 6.07) is 0.393. The van der Waals surface area contributed by atoms with Crippen LogP contribution >= 0.6 is 24.0 Å². The van der Waals surface area contributed by atoms with Gasteiger partial charge in [0, 0.05) is 44.2 Å². The zero-order chi connectivity index (χ0) is 20.4. The van der Waals surface area contributed by atoms with Gasteiger partial charge in [0.1, 0.15) is 0 Å². The maximum Gasteiger partial charge on any atom is 0.221 e. The highest BCUT2D eigenvalue weighted by atomic mass is 127. The third kappa shape index (κ3) is 7.82. The van der Waals surface area contributed by atoms with Crippen LogP contribution in [0.25, 0.3) is 0 Å². The molecule has 174 valence electrons. The van der Waals surface area contributed by atoms with E-state index in [0.717, 1.165) is 58.2 Å². The van der Waals surface area contributed by atoms with E-state index in [1.165, 1.54) is 44.9 Å². The van der Waals surface area contributed by atoms with Crippen LogP contribution in [0.3, 0.4) is 0 Å². The topological polar surface area (TPSA) is 78.0 Å². The summed E-state index contributed by atoms with van der Waals surface area (Å²) in [4.78, 5) is 19.8. The van der Waals surface area contributed by atoms with Gasteiger partial charge in [-0.3, -0.25) is 14.7 Å². The van der Waals surface area contributed by atoms with Crippen molar-refractivity contribution in [3.63, 3.8) is 0 Å². The second-order valence-corrected chi connectivity index (χ2v) is 8.81. The first-order valence-electron chi connectivity index (χ1n) is 11.9. The zero-order valence-corrected chi connectivity index (χ0v) is 21.0. The number of ether oxygens (including phenoxy) is 1. The molecular formula is C22H42IN5O2. The molecule has 0 aromatic heterocycles. The molecule has 0 aromatic rings. The van der Waals surface area contributed by atoms with Crippen LogP contribution in [0.4, 0.5) is 0 Å². The molecule has 1 aliphatic heterocycles. The maximum absolute atomic E-state index is 12.2. The van der Waals surface area contributed by atoms with Gasteiger partial charge in [0.2, 0.25) is 5.91 Å². The summed E-state index contributed by atoms with van der Waals surface area (Å²) in [5, 5.41) is 9.88. The highest BCUT2D eigenvalue weighted by molar-refractivity contribution is 14.0. The molecule has 0 bridgehead atoms. The van der Waals surface area contributed by atoms with Gasteiger partial charge in [-0.05, 0) is 32.6 Å². The average molecular weight is 536 g/mol. The zero-order valence-electron chi connectivity index (χ0n) is 18.7. The van der Waals surface area contributed by atoms with Crippen molar-refractivity contribution in [3.8, 4) is 0 Å². The molecular weight excluding hydrogens is 493 g/mol. The first-order chi connectivity index (χ1) is 14.2. The summed E-state index contributed by atoms with van der Waals surface area (Å²) in [5.41, 5.74) is 0.171. The van der Waals surface area contributed by atoms with Crippen LogP contribution in [-0.4, -0.2) is 74.3 Å². The molecule has 0 spiro atoms. The van der Waals surface area contributed by atoms with E-state index in [-0.39, 0.29) is 35.4 Å². The summed E-state index contributed by atoms with van der Waals surface area (Å²) in [6.45, 7) is 8.04. The fourth-order valence-electron chi connectivity index (χ4n) is 5.05. The number of nitrogens with zero attached hydrogens (tertiary/aromatic N) is 2. The Morgan fingerprint density at radius 2 is 1.77 bits per heavy atom. The predicted molar refractivity (Wildman–Crippen MR) is 133 cm³/mol. The van der Waals surface area contributed by atoms with Crippen molar-refractivity contribution >= 4 is 35.8 Å². The number of carbonyl (C=O) groups excluding carboxylic acids is 1. The Balaban J connectivity index is 0.00000320. The van der Waals surface area contributed by atoms with Crippen molar-refractivity contribution in [2.45, 2.75) is 82.7 Å². The monoisotopic (exact) mass is 535 g/mol. The predicted octanol–water partition coefficient (Wildman–Crippen LogP) is 2.64. The van der Waals surface area contributed by atoms with Crippen molar-refractivity contribution in [2.75, 3.05) is 45.9 Å². The number of morpholine rings is 1. The summed E-state index contributed by atoms with van der Waals surface area (Å²) in [5.74, 6) is 0.983. The number of rotatable bonds is 8. The van der Waals surface area contributed by atoms with E-state index in [2.05, 4.69) is 27.8 Å². The first-order valence-corrected chi connectivity index (χ1v) is 11.9. The fourth-order valence-corrected chi connectivity index (χ4v) is 5.05. The lowest BCUT2D eigenvalue weighted by molar-refractivity contribution is -0.121. The van der Waals surface area contributed by atoms with Crippen molar-refractivity contribution < 1.29 is 9.53 Å². The third-order valence-corrected chi connectivity index (χ3v) is 6.71. The number of halogens is 1. The van der Waals surface area contributed by atoms with E-state index < -0.39 is 0 Å². The van der Waals surface area contributed by atoms with E-state index in [1.807, 2.05) is 0 Å². The minimum Gasteiger partial charge on any atom is -0.379 e. The van der Waals surface area contributed by atoms with Crippen LogP contribution in [0.1, 0.15) is 71.1 Å². The summed E-state index contributed by atoms with van der Waals surface area (Å²) >= 11 is 0. The molecule has 8 heteroatoms. The molecule has 1 amide bonds. The Hall–Kier alpha value is -0.610. The van der Waals surface area contributed by atoms with Gasteiger partial charge in [-0.15, -0.1) is 24.0 Å². The van der Waals surface area contributed by atoms with E-state index in [0.29, 0.717) is 19.0 Å². The van der Waals surface area contributed by atoms with Crippen LogP contribution in [0.15, 0.2) is 4.99 Å². The van der Waals surface area contributed by atoms with E-state index in [9.17, 15) is 4.79 Å². The van der Waals surface area contributed by atoms with Gasteiger partial charge in [-0.2, -0.15) is 0 Å². The number of hydrogen-bond acceptors (Lipinski definition) is 4. The number of aliphatic imine (C=N–C) groups is 1. The van der Waals surface area contributed by atoms with E-state index in [1.54, 1.807) is 0 Å². The maximum atomic E-state index is 12.2. The number of guanidine groups is 1. The molecule has 30 heavy (non-hydrogen) atoms. The molecule has 0 radical (unpaired) electrons. The second kappa shape index (κ2) is 13.7. The molecule has 3 N–H and O–H groups in total. The number of amides is 1. The molecule has 2 aliphatic carbocycles. The Kier molecular flexibility index (Phi) is 11.7. The average Bonchev–Trinajstić information content (AvgIpc) is 3.26. The molecule has 0 aromatic carbocycles. The highest BCUT2D eigenvalue weighted by Crippen LogP contribution is 2.34. The smallest absolute Gasteiger partial charge is 0.221 e. The molecule has 1 saturated heterocycles. The summed E-state index contributed by atoms with van der Waals surface area (Å²) in [7, 11) is 0. The van der Waals surface area contributed by atoms with Gasteiger partial charge < -0.3 is 20.7 Å². The van der Waals surface area contributed by atoms with Gasteiger partial charge >= 0.3 is 0 Å². The van der Waals surface area contributed by atoms with Gasteiger partial charge in [-0.25, -0.2) is 0 Å². The van der Waals surface area contributed by atoms with Crippen molar-refractivity contribution in [2.24, 2.45) is 4.99 Å². The summed E-state index contributed by atoms with van der Waals surface area (Å²) in [6.07, 6.45) is 11.6. The van der Waals surface area contributed by atoms with E-state index in [4.69, 9.17) is 9.73 Å². The van der Waals surface area contributed by atoms with Crippen LogP contribution in [0.2, 0.25) is 0 Å². The van der Waals surface area contributed by atoms with Crippen LogP contribution in [0.5, 0.6) is 0 Å². The second-order valence-electron chi connectivity index (χ2n) is 8.81. The molecule has 2 saturated carbocycles. The molecule has 3 fully saturated rings.